The van der Waals surface area contributed by atoms with E-state index in [1.54, 1.807) is 31.2 Å². The van der Waals surface area contributed by atoms with E-state index in [0.29, 0.717) is 24.7 Å². The Morgan fingerprint density at radius 2 is 2.06 bits per heavy atom. The van der Waals surface area contributed by atoms with Gasteiger partial charge >= 0.3 is 5.97 Å². The first-order chi connectivity index (χ1) is 8.13. The molecule has 0 amide bonds. The van der Waals surface area contributed by atoms with Gasteiger partial charge in [0.1, 0.15) is 10.6 Å². The van der Waals surface area contributed by atoms with Gasteiger partial charge in [-0.2, -0.15) is 0 Å². The molecule has 0 heterocycles. The lowest BCUT2D eigenvalue weighted by Gasteiger charge is -2.10. The summed E-state index contributed by atoms with van der Waals surface area (Å²) in [5.41, 5.74) is 0. The van der Waals surface area contributed by atoms with Crippen molar-refractivity contribution in [3.05, 3.63) is 29.3 Å². The summed E-state index contributed by atoms with van der Waals surface area (Å²) in [4.78, 5) is 11.0. The normalized spacial score (nSPS) is 11.9. The highest BCUT2D eigenvalue weighted by Crippen LogP contribution is 2.16. The van der Waals surface area contributed by atoms with Crippen LogP contribution < -0.4 is 4.74 Å². The van der Waals surface area contributed by atoms with Crippen LogP contribution in [0.4, 0.5) is 0 Å². The second-order valence-electron chi connectivity index (χ2n) is 3.31. The van der Waals surface area contributed by atoms with Gasteiger partial charge in [0.25, 0.3) is 0 Å². The van der Waals surface area contributed by atoms with Crippen molar-refractivity contribution in [2.75, 3.05) is 13.2 Å². The minimum atomic E-state index is -0.324. The molecular formula is C12H14BrClO3. The maximum absolute atomic E-state index is 11.3. The summed E-state index contributed by atoms with van der Waals surface area (Å²) in [6, 6.07) is 7.09. The molecule has 0 aliphatic carbocycles. The fourth-order valence-corrected chi connectivity index (χ4v) is 1.61. The van der Waals surface area contributed by atoms with Crippen molar-refractivity contribution >= 4 is 33.5 Å². The molecule has 0 spiro atoms. The summed E-state index contributed by atoms with van der Waals surface area (Å²) in [6.07, 6.45) is 0.557. The molecule has 5 heteroatoms. The number of hydrogen-bond donors (Lipinski definition) is 0. The van der Waals surface area contributed by atoms with Crippen LogP contribution in [-0.4, -0.2) is 24.0 Å². The second-order valence-corrected chi connectivity index (χ2v) is 4.85. The number of hydrogen-bond acceptors (Lipinski definition) is 3. The van der Waals surface area contributed by atoms with E-state index < -0.39 is 0 Å². The molecule has 17 heavy (non-hydrogen) atoms. The molecular weight excluding hydrogens is 307 g/mol. The number of carbonyl (C=O) groups is 1. The zero-order chi connectivity index (χ0) is 12.7. The van der Waals surface area contributed by atoms with Gasteiger partial charge in [0.2, 0.25) is 0 Å². The summed E-state index contributed by atoms with van der Waals surface area (Å²) in [5.74, 6) is 0.477. The van der Waals surface area contributed by atoms with E-state index >= 15 is 0 Å². The third-order valence-corrected chi connectivity index (χ3v) is 3.08. The molecule has 1 rings (SSSR count). The van der Waals surface area contributed by atoms with Crippen LogP contribution in [0.3, 0.4) is 0 Å². The fraction of sp³-hybridized carbons (Fsp3) is 0.417. The van der Waals surface area contributed by atoms with Crippen LogP contribution in [0.1, 0.15) is 13.3 Å². The standard InChI is InChI=1S/C12H14BrClO3/c1-2-16-12(15)11(13)7-8-17-10-5-3-9(14)4-6-10/h3-6,11H,2,7-8H2,1H3. The highest BCUT2D eigenvalue weighted by Gasteiger charge is 2.15. The van der Waals surface area contributed by atoms with Gasteiger partial charge in [-0.25, -0.2) is 0 Å². The predicted octanol–water partition coefficient (Wildman–Crippen LogP) is 3.44. The topological polar surface area (TPSA) is 35.5 Å². The van der Waals surface area contributed by atoms with Crippen molar-refractivity contribution in [1.82, 2.24) is 0 Å². The van der Waals surface area contributed by atoms with E-state index in [4.69, 9.17) is 21.1 Å². The number of esters is 1. The van der Waals surface area contributed by atoms with Gasteiger partial charge in [-0.15, -0.1) is 0 Å². The molecule has 3 nitrogen and oxygen atoms in total. The van der Waals surface area contributed by atoms with Crippen LogP contribution >= 0.6 is 27.5 Å². The maximum atomic E-state index is 11.3. The molecule has 0 saturated heterocycles. The highest BCUT2D eigenvalue weighted by atomic mass is 79.9. The zero-order valence-electron chi connectivity index (χ0n) is 9.49. The van der Waals surface area contributed by atoms with Gasteiger partial charge in [0.05, 0.1) is 13.2 Å². The number of alkyl halides is 1. The first kappa shape index (κ1) is 14.3. The van der Waals surface area contributed by atoms with Gasteiger partial charge in [-0.05, 0) is 31.2 Å². The first-order valence-corrected chi connectivity index (χ1v) is 6.62. The molecule has 94 valence electrons. The molecule has 1 atom stereocenters. The van der Waals surface area contributed by atoms with E-state index in [2.05, 4.69) is 15.9 Å². The average Bonchev–Trinajstić information content (AvgIpc) is 2.32. The average molecular weight is 322 g/mol. The Labute approximate surface area is 114 Å². The van der Waals surface area contributed by atoms with Crippen LogP contribution in [0.25, 0.3) is 0 Å². The van der Waals surface area contributed by atoms with Crippen molar-refractivity contribution in [3.8, 4) is 5.75 Å². The molecule has 0 bridgehead atoms. The monoisotopic (exact) mass is 320 g/mol. The van der Waals surface area contributed by atoms with Crippen LogP contribution in [0, 0.1) is 0 Å². The molecule has 0 N–H and O–H groups in total. The van der Waals surface area contributed by atoms with Crippen molar-refractivity contribution in [2.24, 2.45) is 0 Å². The van der Waals surface area contributed by atoms with Crippen molar-refractivity contribution in [1.29, 1.82) is 0 Å². The molecule has 1 aromatic carbocycles. The lowest BCUT2D eigenvalue weighted by molar-refractivity contribution is -0.142. The van der Waals surface area contributed by atoms with Crippen LogP contribution in [0.2, 0.25) is 5.02 Å². The van der Waals surface area contributed by atoms with Crippen LogP contribution in [0.15, 0.2) is 24.3 Å². The molecule has 1 aromatic rings. The third-order valence-electron chi connectivity index (χ3n) is 2.00. The molecule has 0 radical (unpaired) electrons. The Balaban J connectivity index is 2.27. The molecule has 0 aromatic heterocycles. The second kappa shape index (κ2) is 7.56. The van der Waals surface area contributed by atoms with E-state index in [1.165, 1.54) is 0 Å². The molecule has 0 saturated carbocycles. The molecule has 0 aliphatic heterocycles. The Morgan fingerprint density at radius 1 is 1.41 bits per heavy atom. The van der Waals surface area contributed by atoms with E-state index in [-0.39, 0.29) is 10.8 Å². The third kappa shape index (κ3) is 5.41. The quantitative estimate of drug-likeness (QED) is 0.595. The summed E-state index contributed by atoms with van der Waals surface area (Å²) in [6.45, 7) is 2.61. The lowest BCUT2D eigenvalue weighted by Crippen LogP contribution is -2.19. The number of ether oxygens (including phenoxy) is 2. The maximum Gasteiger partial charge on any atom is 0.319 e. The largest absolute Gasteiger partial charge is 0.494 e. The SMILES string of the molecule is CCOC(=O)C(Br)CCOc1ccc(Cl)cc1. The Morgan fingerprint density at radius 3 is 2.65 bits per heavy atom. The minimum Gasteiger partial charge on any atom is -0.494 e. The van der Waals surface area contributed by atoms with E-state index in [9.17, 15) is 4.79 Å². The van der Waals surface area contributed by atoms with Gasteiger partial charge in [-0.1, -0.05) is 27.5 Å². The predicted molar refractivity (Wildman–Crippen MR) is 70.9 cm³/mol. The van der Waals surface area contributed by atoms with Crippen LogP contribution in [-0.2, 0) is 9.53 Å². The summed E-state index contributed by atoms with van der Waals surface area (Å²) >= 11 is 9.00. The number of benzene rings is 1. The molecule has 1 unspecified atom stereocenters. The van der Waals surface area contributed by atoms with E-state index in [1.807, 2.05) is 0 Å². The summed E-state index contributed by atoms with van der Waals surface area (Å²) in [5, 5.41) is 0.669. The number of rotatable bonds is 6. The summed E-state index contributed by atoms with van der Waals surface area (Å²) in [7, 11) is 0. The molecule has 0 aliphatic rings. The Bertz CT molecular complexity index is 353. The van der Waals surface area contributed by atoms with Crippen LogP contribution in [0.5, 0.6) is 5.75 Å². The van der Waals surface area contributed by atoms with Crippen molar-refractivity contribution < 1.29 is 14.3 Å². The van der Waals surface area contributed by atoms with Crippen molar-refractivity contribution in [2.45, 2.75) is 18.2 Å². The van der Waals surface area contributed by atoms with Gasteiger partial charge in [-0.3, -0.25) is 4.79 Å². The smallest absolute Gasteiger partial charge is 0.319 e. The fourth-order valence-electron chi connectivity index (χ4n) is 1.16. The zero-order valence-corrected chi connectivity index (χ0v) is 11.8. The Kier molecular flexibility index (Phi) is 6.37. The summed E-state index contributed by atoms with van der Waals surface area (Å²) < 4.78 is 10.3. The van der Waals surface area contributed by atoms with Gasteiger partial charge in [0, 0.05) is 11.4 Å². The van der Waals surface area contributed by atoms with Gasteiger partial charge in [0.15, 0.2) is 0 Å². The lowest BCUT2D eigenvalue weighted by atomic mass is 10.3. The minimum absolute atomic E-state index is 0.257. The first-order valence-electron chi connectivity index (χ1n) is 5.32. The Hall–Kier alpha value is -0.740. The highest BCUT2D eigenvalue weighted by molar-refractivity contribution is 9.10. The van der Waals surface area contributed by atoms with Crippen molar-refractivity contribution in [3.63, 3.8) is 0 Å². The van der Waals surface area contributed by atoms with E-state index in [0.717, 1.165) is 5.75 Å². The molecule has 0 fully saturated rings. The number of halogens is 2. The number of carbonyl (C=O) groups excluding carboxylic acids is 1. The van der Waals surface area contributed by atoms with Gasteiger partial charge < -0.3 is 9.47 Å².